The van der Waals surface area contributed by atoms with Gasteiger partial charge in [0.15, 0.2) is 0 Å². The molecule has 2 heterocycles. The van der Waals surface area contributed by atoms with Crippen LogP contribution >= 0.6 is 0 Å². The zero-order chi connectivity index (χ0) is 16.2. The van der Waals surface area contributed by atoms with Crippen molar-refractivity contribution in [2.75, 3.05) is 20.2 Å². The van der Waals surface area contributed by atoms with Crippen LogP contribution in [0.15, 0.2) is 48.8 Å². The van der Waals surface area contributed by atoms with Crippen LogP contribution in [0.25, 0.3) is 0 Å². The molecule has 23 heavy (non-hydrogen) atoms. The van der Waals surface area contributed by atoms with Crippen LogP contribution in [0.3, 0.4) is 0 Å². The smallest absolute Gasteiger partial charge is 0.308 e. The molecule has 2 aromatic rings. The summed E-state index contributed by atoms with van der Waals surface area (Å²) in [6.45, 7) is 1.99. The van der Waals surface area contributed by atoms with Gasteiger partial charge in [0.2, 0.25) is 0 Å². The van der Waals surface area contributed by atoms with Gasteiger partial charge in [-0.2, -0.15) is 0 Å². The lowest BCUT2D eigenvalue weighted by atomic mass is 9.89. The molecule has 1 fully saturated rings. The van der Waals surface area contributed by atoms with Crippen molar-refractivity contribution in [2.45, 2.75) is 12.5 Å². The zero-order valence-electron chi connectivity index (χ0n) is 13.1. The van der Waals surface area contributed by atoms with Gasteiger partial charge < -0.3 is 9.84 Å². The van der Waals surface area contributed by atoms with Crippen molar-refractivity contribution in [3.05, 3.63) is 59.9 Å². The van der Waals surface area contributed by atoms with Crippen LogP contribution in [0.4, 0.5) is 0 Å². The molecule has 5 nitrogen and oxygen atoms in total. The highest BCUT2D eigenvalue weighted by Gasteiger charge is 2.38. The number of aliphatic carboxylic acids is 1. The zero-order valence-corrected chi connectivity index (χ0v) is 13.1. The molecule has 0 unspecified atom stereocenters. The molecule has 0 amide bonds. The maximum atomic E-state index is 11.7. The SMILES string of the molecule is COc1cccc([C@@H]2CN(Cc3cccnc3)C[C@H]2C(=O)O)c1. The van der Waals surface area contributed by atoms with Gasteiger partial charge >= 0.3 is 5.97 Å². The van der Waals surface area contributed by atoms with Crippen molar-refractivity contribution < 1.29 is 14.6 Å². The average Bonchev–Trinajstić information content (AvgIpc) is 3.00. The van der Waals surface area contributed by atoms with Gasteiger partial charge in [0.05, 0.1) is 13.0 Å². The van der Waals surface area contributed by atoms with E-state index in [1.54, 1.807) is 13.3 Å². The maximum absolute atomic E-state index is 11.7. The first kappa shape index (κ1) is 15.5. The number of ether oxygens (including phenoxy) is 1. The van der Waals surface area contributed by atoms with Gasteiger partial charge in [0, 0.05) is 37.9 Å². The van der Waals surface area contributed by atoms with E-state index >= 15 is 0 Å². The summed E-state index contributed by atoms with van der Waals surface area (Å²) in [4.78, 5) is 18.0. The summed E-state index contributed by atoms with van der Waals surface area (Å²) in [5, 5.41) is 9.59. The van der Waals surface area contributed by atoms with E-state index in [0.29, 0.717) is 6.54 Å². The van der Waals surface area contributed by atoms with Crippen molar-refractivity contribution in [1.29, 1.82) is 0 Å². The van der Waals surface area contributed by atoms with Crippen molar-refractivity contribution in [3.8, 4) is 5.75 Å². The molecule has 1 aromatic heterocycles. The fourth-order valence-corrected chi connectivity index (χ4v) is 3.22. The molecule has 3 rings (SSSR count). The molecule has 1 aliphatic heterocycles. The van der Waals surface area contributed by atoms with Gasteiger partial charge in [-0.05, 0) is 29.3 Å². The monoisotopic (exact) mass is 312 g/mol. The summed E-state index contributed by atoms with van der Waals surface area (Å²) in [6.07, 6.45) is 3.57. The van der Waals surface area contributed by atoms with Crippen molar-refractivity contribution in [1.82, 2.24) is 9.88 Å². The second-order valence-corrected chi connectivity index (χ2v) is 5.88. The molecule has 120 valence electrons. The van der Waals surface area contributed by atoms with E-state index in [1.807, 2.05) is 42.6 Å². The minimum atomic E-state index is -0.744. The number of carboxylic acid groups (broad SMARTS) is 1. The topological polar surface area (TPSA) is 62.7 Å². The Morgan fingerprint density at radius 1 is 1.35 bits per heavy atom. The van der Waals surface area contributed by atoms with E-state index in [4.69, 9.17) is 4.74 Å². The molecule has 1 aromatic carbocycles. The second kappa shape index (κ2) is 6.79. The lowest BCUT2D eigenvalue weighted by molar-refractivity contribution is -0.141. The molecule has 0 spiro atoms. The normalized spacial score (nSPS) is 21.3. The summed E-state index contributed by atoms with van der Waals surface area (Å²) >= 11 is 0. The summed E-state index contributed by atoms with van der Waals surface area (Å²) in [6, 6.07) is 11.6. The number of aromatic nitrogens is 1. The number of carboxylic acids is 1. The Morgan fingerprint density at radius 3 is 2.91 bits per heavy atom. The predicted molar refractivity (Wildman–Crippen MR) is 86.4 cm³/mol. The number of methoxy groups -OCH3 is 1. The molecule has 0 bridgehead atoms. The first-order valence-corrected chi connectivity index (χ1v) is 7.65. The van der Waals surface area contributed by atoms with E-state index in [1.165, 1.54) is 0 Å². The van der Waals surface area contributed by atoms with Crippen LogP contribution in [0.2, 0.25) is 0 Å². The Hall–Kier alpha value is -2.40. The molecular formula is C18H20N2O3. The Labute approximate surface area is 135 Å². The highest BCUT2D eigenvalue weighted by Crippen LogP contribution is 2.35. The molecule has 0 saturated carbocycles. The highest BCUT2D eigenvalue weighted by atomic mass is 16.5. The Kier molecular flexibility index (Phi) is 4.57. The molecular weight excluding hydrogens is 292 g/mol. The Morgan fingerprint density at radius 2 is 2.22 bits per heavy atom. The minimum Gasteiger partial charge on any atom is -0.497 e. The molecule has 5 heteroatoms. The summed E-state index contributed by atoms with van der Waals surface area (Å²) in [5.41, 5.74) is 2.12. The van der Waals surface area contributed by atoms with Gasteiger partial charge in [-0.15, -0.1) is 0 Å². The summed E-state index contributed by atoms with van der Waals surface area (Å²) in [5.74, 6) is -0.415. The van der Waals surface area contributed by atoms with Crippen LogP contribution in [0, 0.1) is 5.92 Å². The summed E-state index contributed by atoms with van der Waals surface area (Å²) in [7, 11) is 1.62. The number of pyridine rings is 1. The quantitative estimate of drug-likeness (QED) is 0.918. The van der Waals surface area contributed by atoms with Crippen molar-refractivity contribution >= 4 is 5.97 Å². The average molecular weight is 312 g/mol. The number of carbonyl (C=O) groups is 1. The standard InChI is InChI=1S/C18H20N2O3/c1-23-15-6-2-5-14(8-15)16-11-20(12-17(16)18(21)22)10-13-4-3-7-19-9-13/h2-9,16-17H,10-12H2,1H3,(H,21,22)/t16-,17+/m0/s1. The third-order valence-corrected chi connectivity index (χ3v) is 4.36. The van der Waals surface area contributed by atoms with Gasteiger partial charge in [-0.25, -0.2) is 0 Å². The van der Waals surface area contributed by atoms with Gasteiger partial charge in [0.25, 0.3) is 0 Å². The van der Waals surface area contributed by atoms with E-state index in [2.05, 4.69) is 9.88 Å². The largest absolute Gasteiger partial charge is 0.497 e. The minimum absolute atomic E-state index is 0.0285. The number of nitrogens with zero attached hydrogens (tertiary/aromatic N) is 2. The second-order valence-electron chi connectivity index (χ2n) is 5.88. The van der Waals surface area contributed by atoms with Crippen LogP contribution in [-0.4, -0.2) is 41.2 Å². The van der Waals surface area contributed by atoms with E-state index in [0.717, 1.165) is 30.0 Å². The van der Waals surface area contributed by atoms with Crippen molar-refractivity contribution in [2.24, 2.45) is 5.92 Å². The van der Waals surface area contributed by atoms with E-state index < -0.39 is 11.9 Å². The highest BCUT2D eigenvalue weighted by molar-refractivity contribution is 5.72. The molecule has 1 saturated heterocycles. The fourth-order valence-electron chi connectivity index (χ4n) is 3.22. The van der Waals surface area contributed by atoms with Crippen LogP contribution in [0.5, 0.6) is 5.75 Å². The molecule has 0 aliphatic carbocycles. The van der Waals surface area contributed by atoms with Crippen LogP contribution < -0.4 is 4.74 Å². The Bertz CT molecular complexity index is 675. The molecule has 2 atom stereocenters. The third kappa shape index (κ3) is 3.51. The number of hydrogen-bond donors (Lipinski definition) is 1. The van der Waals surface area contributed by atoms with Gasteiger partial charge in [-0.1, -0.05) is 18.2 Å². The van der Waals surface area contributed by atoms with E-state index in [-0.39, 0.29) is 5.92 Å². The number of rotatable bonds is 5. The maximum Gasteiger partial charge on any atom is 0.308 e. The van der Waals surface area contributed by atoms with Gasteiger partial charge in [-0.3, -0.25) is 14.7 Å². The first-order valence-electron chi connectivity index (χ1n) is 7.65. The lowest BCUT2D eigenvalue weighted by Crippen LogP contribution is -2.23. The predicted octanol–water partition coefficient (Wildman–Crippen LogP) is 2.39. The van der Waals surface area contributed by atoms with Crippen LogP contribution in [0.1, 0.15) is 17.0 Å². The molecule has 1 N–H and O–H groups in total. The third-order valence-electron chi connectivity index (χ3n) is 4.36. The number of likely N-dealkylation sites (tertiary alicyclic amines) is 1. The number of hydrogen-bond acceptors (Lipinski definition) is 4. The molecule has 0 radical (unpaired) electrons. The van der Waals surface area contributed by atoms with Crippen LogP contribution in [-0.2, 0) is 11.3 Å². The van der Waals surface area contributed by atoms with Gasteiger partial charge in [0.1, 0.15) is 5.75 Å². The molecule has 1 aliphatic rings. The first-order chi connectivity index (χ1) is 11.2. The summed E-state index contributed by atoms with van der Waals surface area (Å²) < 4.78 is 5.26. The Balaban J connectivity index is 1.79. The number of benzene rings is 1. The van der Waals surface area contributed by atoms with Crippen molar-refractivity contribution in [3.63, 3.8) is 0 Å². The van der Waals surface area contributed by atoms with E-state index in [9.17, 15) is 9.90 Å². The fraction of sp³-hybridized carbons (Fsp3) is 0.333. The lowest BCUT2D eigenvalue weighted by Gasteiger charge is -2.16.